The van der Waals surface area contributed by atoms with E-state index in [0.717, 1.165) is 43.1 Å². The number of nitrogens with zero attached hydrogens (tertiary/aromatic N) is 5. The number of hydrogen-bond donors (Lipinski definition) is 2. The molecule has 3 rings (SSSR count). The summed E-state index contributed by atoms with van der Waals surface area (Å²) in [4.78, 5) is 21.1. The molecule has 1 amide bonds. The minimum absolute atomic E-state index is 0. The molecule has 0 unspecified atom stereocenters. The van der Waals surface area contributed by atoms with E-state index in [4.69, 9.17) is 0 Å². The van der Waals surface area contributed by atoms with Crippen molar-refractivity contribution in [2.24, 2.45) is 12.0 Å². The standard InChI is InChI=1S/C21H31N7O.HI/c1-16-19(17(2)26(4)25-16)14-23-21(22-3)24-15-20(29)28-12-10-27(11-13-28)18-8-6-5-7-9-18;/h5-9H,10-15H2,1-4H3,(H2,22,23,24);1H. The summed E-state index contributed by atoms with van der Waals surface area (Å²) in [6.07, 6.45) is 0. The summed E-state index contributed by atoms with van der Waals surface area (Å²) >= 11 is 0. The second-order valence-corrected chi connectivity index (χ2v) is 7.26. The van der Waals surface area contributed by atoms with Crippen LogP contribution in [0.25, 0.3) is 0 Å². The molecule has 30 heavy (non-hydrogen) atoms. The van der Waals surface area contributed by atoms with Gasteiger partial charge in [-0.2, -0.15) is 5.10 Å². The van der Waals surface area contributed by atoms with Gasteiger partial charge in [0.15, 0.2) is 5.96 Å². The van der Waals surface area contributed by atoms with Crippen molar-refractivity contribution >= 4 is 41.5 Å². The van der Waals surface area contributed by atoms with Gasteiger partial charge in [0.25, 0.3) is 0 Å². The van der Waals surface area contributed by atoms with E-state index in [2.05, 4.69) is 37.8 Å². The zero-order chi connectivity index (χ0) is 20.8. The molecule has 1 saturated heterocycles. The van der Waals surface area contributed by atoms with Gasteiger partial charge >= 0.3 is 0 Å². The quantitative estimate of drug-likeness (QED) is 0.353. The number of guanidine groups is 1. The van der Waals surface area contributed by atoms with E-state index >= 15 is 0 Å². The number of carbonyl (C=O) groups excluding carboxylic acids is 1. The SMILES string of the molecule is CN=C(NCC(=O)N1CCN(c2ccccc2)CC1)NCc1c(C)nn(C)c1C.I. The van der Waals surface area contributed by atoms with Crippen LogP contribution in [0.4, 0.5) is 5.69 Å². The third-order valence-corrected chi connectivity index (χ3v) is 5.48. The lowest BCUT2D eigenvalue weighted by Crippen LogP contribution is -2.52. The number of amides is 1. The Morgan fingerprint density at radius 3 is 2.33 bits per heavy atom. The van der Waals surface area contributed by atoms with Crippen LogP contribution in [0.15, 0.2) is 35.3 Å². The summed E-state index contributed by atoms with van der Waals surface area (Å²) in [6, 6.07) is 10.3. The lowest BCUT2D eigenvalue weighted by atomic mass is 10.2. The molecule has 2 heterocycles. The number of benzene rings is 1. The maximum absolute atomic E-state index is 12.6. The number of halogens is 1. The molecule has 0 radical (unpaired) electrons. The topological polar surface area (TPSA) is 77.8 Å². The molecular weight excluding hydrogens is 493 g/mol. The Bertz CT molecular complexity index is 858. The van der Waals surface area contributed by atoms with Gasteiger partial charge in [-0.15, -0.1) is 24.0 Å². The second-order valence-electron chi connectivity index (χ2n) is 7.26. The van der Waals surface area contributed by atoms with Crippen LogP contribution < -0.4 is 15.5 Å². The average molecular weight is 525 g/mol. The first-order chi connectivity index (χ1) is 14.0. The van der Waals surface area contributed by atoms with Crippen LogP contribution in [0.1, 0.15) is 17.0 Å². The molecule has 164 valence electrons. The van der Waals surface area contributed by atoms with Crippen molar-refractivity contribution < 1.29 is 4.79 Å². The zero-order valence-electron chi connectivity index (χ0n) is 18.2. The van der Waals surface area contributed by atoms with Gasteiger partial charge in [-0.1, -0.05) is 18.2 Å². The summed E-state index contributed by atoms with van der Waals surface area (Å²) in [5, 5.41) is 10.8. The molecular formula is C21H32IN7O. The van der Waals surface area contributed by atoms with Crippen molar-refractivity contribution in [3.63, 3.8) is 0 Å². The van der Waals surface area contributed by atoms with Crippen LogP contribution >= 0.6 is 24.0 Å². The van der Waals surface area contributed by atoms with E-state index in [0.29, 0.717) is 12.5 Å². The van der Waals surface area contributed by atoms with Gasteiger partial charge in [0.05, 0.1) is 12.2 Å². The summed E-state index contributed by atoms with van der Waals surface area (Å²) in [5.41, 5.74) is 4.49. The fraction of sp³-hybridized carbons (Fsp3) is 0.476. The van der Waals surface area contributed by atoms with Crippen molar-refractivity contribution in [3.8, 4) is 0 Å². The van der Waals surface area contributed by atoms with Crippen molar-refractivity contribution in [2.75, 3.05) is 44.7 Å². The summed E-state index contributed by atoms with van der Waals surface area (Å²) in [7, 11) is 3.65. The van der Waals surface area contributed by atoms with Crippen molar-refractivity contribution in [3.05, 3.63) is 47.3 Å². The van der Waals surface area contributed by atoms with Crippen LogP contribution in [0.5, 0.6) is 0 Å². The van der Waals surface area contributed by atoms with Crippen LogP contribution in [-0.4, -0.2) is 66.3 Å². The van der Waals surface area contributed by atoms with Crippen molar-refractivity contribution in [1.82, 2.24) is 25.3 Å². The molecule has 0 saturated carbocycles. The number of anilines is 1. The molecule has 9 heteroatoms. The number of nitrogens with one attached hydrogen (secondary N) is 2. The lowest BCUT2D eigenvalue weighted by Gasteiger charge is -2.36. The molecule has 0 spiro atoms. The van der Waals surface area contributed by atoms with Gasteiger partial charge in [-0.3, -0.25) is 14.5 Å². The van der Waals surface area contributed by atoms with Crippen molar-refractivity contribution in [2.45, 2.75) is 20.4 Å². The Labute approximate surface area is 195 Å². The van der Waals surface area contributed by atoms with Gasteiger partial charge in [-0.25, -0.2) is 0 Å². The Kier molecular flexibility index (Phi) is 8.94. The minimum atomic E-state index is 0. The highest BCUT2D eigenvalue weighted by Gasteiger charge is 2.21. The lowest BCUT2D eigenvalue weighted by molar-refractivity contribution is -0.130. The third kappa shape index (κ3) is 5.87. The third-order valence-electron chi connectivity index (χ3n) is 5.48. The predicted octanol–water partition coefficient (Wildman–Crippen LogP) is 1.67. The number of rotatable bonds is 5. The van der Waals surface area contributed by atoms with Gasteiger partial charge in [-0.05, 0) is 26.0 Å². The van der Waals surface area contributed by atoms with Crippen LogP contribution in [0, 0.1) is 13.8 Å². The first kappa shape index (κ1) is 24.0. The van der Waals surface area contributed by atoms with E-state index in [9.17, 15) is 4.79 Å². The number of aryl methyl sites for hydroxylation is 2. The summed E-state index contributed by atoms with van der Waals surface area (Å²) < 4.78 is 1.88. The Balaban J connectivity index is 0.00000320. The largest absolute Gasteiger partial charge is 0.368 e. The van der Waals surface area contributed by atoms with E-state index in [1.165, 1.54) is 5.69 Å². The number of piperazine rings is 1. The number of hydrogen-bond acceptors (Lipinski definition) is 4. The smallest absolute Gasteiger partial charge is 0.242 e. The molecule has 1 aromatic carbocycles. The Morgan fingerprint density at radius 1 is 1.10 bits per heavy atom. The fourth-order valence-electron chi connectivity index (χ4n) is 3.59. The molecule has 1 aromatic heterocycles. The molecule has 2 aromatic rings. The van der Waals surface area contributed by atoms with Crippen LogP contribution in [-0.2, 0) is 18.4 Å². The Hall–Kier alpha value is -2.30. The molecule has 0 atom stereocenters. The van der Waals surface area contributed by atoms with E-state index in [-0.39, 0.29) is 36.4 Å². The normalized spacial score (nSPS) is 14.3. The second kappa shape index (κ2) is 11.2. The van der Waals surface area contributed by atoms with Gasteiger partial charge in [0.1, 0.15) is 0 Å². The molecule has 8 nitrogen and oxygen atoms in total. The number of para-hydroxylation sites is 1. The minimum Gasteiger partial charge on any atom is -0.368 e. The highest BCUT2D eigenvalue weighted by molar-refractivity contribution is 14.0. The van der Waals surface area contributed by atoms with Gasteiger partial charge in [0.2, 0.25) is 5.91 Å². The molecule has 1 aliphatic heterocycles. The fourth-order valence-corrected chi connectivity index (χ4v) is 3.59. The molecule has 1 fully saturated rings. The summed E-state index contributed by atoms with van der Waals surface area (Å²) in [6.45, 7) is 8.06. The van der Waals surface area contributed by atoms with Crippen LogP contribution in [0.3, 0.4) is 0 Å². The first-order valence-electron chi connectivity index (χ1n) is 10.0. The number of aliphatic imine (C=N–C) groups is 1. The zero-order valence-corrected chi connectivity index (χ0v) is 20.5. The first-order valence-corrected chi connectivity index (χ1v) is 10.0. The van der Waals surface area contributed by atoms with Gasteiger partial charge < -0.3 is 20.4 Å². The monoisotopic (exact) mass is 525 g/mol. The Morgan fingerprint density at radius 2 is 1.77 bits per heavy atom. The highest BCUT2D eigenvalue weighted by atomic mass is 127. The molecule has 1 aliphatic rings. The number of carbonyl (C=O) groups is 1. The summed E-state index contributed by atoms with van der Waals surface area (Å²) in [5.74, 6) is 0.707. The van der Waals surface area contributed by atoms with Crippen molar-refractivity contribution in [1.29, 1.82) is 0 Å². The predicted molar refractivity (Wildman–Crippen MR) is 132 cm³/mol. The maximum Gasteiger partial charge on any atom is 0.242 e. The van der Waals surface area contributed by atoms with Gasteiger partial charge in [0, 0.05) is 63.8 Å². The average Bonchev–Trinajstić information content (AvgIpc) is 3.00. The maximum atomic E-state index is 12.6. The molecule has 2 N–H and O–H groups in total. The molecule has 0 aliphatic carbocycles. The number of aromatic nitrogens is 2. The van der Waals surface area contributed by atoms with E-state index < -0.39 is 0 Å². The highest BCUT2D eigenvalue weighted by Crippen LogP contribution is 2.15. The van der Waals surface area contributed by atoms with E-state index in [1.807, 2.05) is 48.7 Å². The van der Waals surface area contributed by atoms with Crippen LogP contribution in [0.2, 0.25) is 0 Å². The van der Waals surface area contributed by atoms with E-state index in [1.54, 1.807) is 7.05 Å². The molecule has 0 bridgehead atoms.